The summed E-state index contributed by atoms with van der Waals surface area (Å²) in [6.45, 7) is 10.8. The van der Waals surface area contributed by atoms with Crippen LogP contribution in [0.4, 0.5) is 0 Å². The second-order valence-corrected chi connectivity index (χ2v) is 20.7. The average molecular weight is 481 g/mol. The Bertz CT molecular complexity index is 505. The van der Waals surface area contributed by atoms with E-state index >= 15 is 0 Å². The van der Waals surface area contributed by atoms with Crippen LogP contribution in [0.25, 0.3) is 0 Å². The number of carbonyl (C=O) groups is 1. The molecule has 0 saturated heterocycles. The summed E-state index contributed by atoms with van der Waals surface area (Å²) in [5, 5.41) is 0. The summed E-state index contributed by atoms with van der Waals surface area (Å²) in [4.78, 5) is 11.4. The molecular formula is C24H42O2Sn. The second-order valence-electron chi connectivity index (χ2n) is 7.64. The Labute approximate surface area is 172 Å². The van der Waals surface area contributed by atoms with Crippen LogP contribution < -0.4 is 0 Å². The van der Waals surface area contributed by atoms with E-state index in [4.69, 9.17) is 4.74 Å². The van der Waals surface area contributed by atoms with Gasteiger partial charge in [-0.15, -0.1) is 0 Å². The van der Waals surface area contributed by atoms with Crippen molar-refractivity contribution in [3.63, 3.8) is 0 Å². The first-order chi connectivity index (χ1) is 12.9. The minimum atomic E-state index is -2.17. The minimum absolute atomic E-state index is 0.275. The molecule has 0 spiro atoms. The zero-order valence-electron chi connectivity index (χ0n) is 18.6. The van der Waals surface area contributed by atoms with Gasteiger partial charge in [-0.1, -0.05) is 0 Å². The van der Waals surface area contributed by atoms with Crippen molar-refractivity contribution >= 4 is 24.3 Å². The first-order valence-electron chi connectivity index (χ1n) is 10.7. The average Bonchev–Trinajstić information content (AvgIpc) is 2.67. The Balaban J connectivity index is 5.16. The number of allylic oxidation sites excluding steroid dienone is 6. The van der Waals surface area contributed by atoms with Crippen molar-refractivity contribution < 1.29 is 9.53 Å². The van der Waals surface area contributed by atoms with E-state index in [1.165, 1.54) is 64.5 Å². The van der Waals surface area contributed by atoms with Crippen molar-refractivity contribution in [3.8, 4) is 0 Å². The molecule has 0 bridgehead atoms. The Morgan fingerprint density at radius 1 is 0.852 bits per heavy atom. The van der Waals surface area contributed by atoms with Gasteiger partial charge < -0.3 is 0 Å². The first-order valence-corrected chi connectivity index (χ1v) is 18.4. The van der Waals surface area contributed by atoms with Crippen molar-refractivity contribution in [2.75, 3.05) is 7.11 Å². The molecule has 154 valence electrons. The molecule has 0 aromatic carbocycles. The molecule has 0 aromatic heterocycles. The third-order valence-electron chi connectivity index (χ3n) is 5.11. The second kappa shape index (κ2) is 16.2. The molecule has 0 aliphatic rings. The molecule has 0 fully saturated rings. The van der Waals surface area contributed by atoms with Gasteiger partial charge in [-0.2, -0.15) is 0 Å². The van der Waals surface area contributed by atoms with Crippen LogP contribution in [0.5, 0.6) is 0 Å². The first kappa shape index (κ1) is 26.2. The molecule has 0 amide bonds. The summed E-state index contributed by atoms with van der Waals surface area (Å²) in [5.41, 5.74) is 1.83. The number of hydrogen-bond acceptors (Lipinski definition) is 2. The molecule has 0 aromatic rings. The van der Waals surface area contributed by atoms with Crippen LogP contribution in [0.1, 0.15) is 73.1 Å². The maximum atomic E-state index is 11.4. The van der Waals surface area contributed by atoms with Gasteiger partial charge in [0.05, 0.1) is 0 Å². The molecule has 0 aliphatic heterocycles. The topological polar surface area (TPSA) is 26.3 Å². The van der Waals surface area contributed by atoms with Gasteiger partial charge in [0.2, 0.25) is 0 Å². The van der Waals surface area contributed by atoms with Crippen LogP contribution in [0.2, 0.25) is 13.3 Å². The maximum absolute atomic E-state index is 11.4. The van der Waals surface area contributed by atoms with E-state index < -0.39 is 18.4 Å². The molecule has 2 nitrogen and oxygen atoms in total. The van der Waals surface area contributed by atoms with Gasteiger partial charge in [-0.25, -0.2) is 0 Å². The number of ether oxygens (including phenoxy) is 1. The van der Waals surface area contributed by atoms with Crippen LogP contribution in [-0.2, 0) is 9.53 Å². The summed E-state index contributed by atoms with van der Waals surface area (Å²) in [6, 6.07) is 0. The van der Waals surface area contributed by atoms with Crippen molar-refractivity contribution in [1.29, 1.82) is 0 Å². The molecule has 0 radical (unpaired) electrons. The molecule has 0 atom stereocenters. The van der Waals surface area contributed by atoms with Gasteiger partial charge in [-0.3, -0.25) is 0 Å². The number of rotatable bonds is 14. The predicted octanol–water partition coefficient (Wildman–Crippen LogP) is 7.55. The zero-order valence-corrected chi connectivity index (χ0v) is 21.5. The number of hydrogen-bond donors (Lipinski definition) is 0. The predicted molar refractivity (Wildman–Crippen MR) is 123 cm³/mol. The molecule has 0 heterocycles. The molecule has 0 rings (SSSR count). The monoisotopic (exact) mass is 482 g/mol. The van der Waals surface area contributed by atoms with Crippen molar-refractivity contribution in [1.82, 2.24) is 0 Å². The van der Waals surface area contributed by atoms with Gasteiger partial charge in [0.15, 0.2) is 0 Å². The third kappa shape index (κ3) is 12.3. The van der Waals surface area contributed by atoms with E-state index in [0.29, 0.717) is 5.57 Å². The Hall–Kier alpha value is -0.771. The van der Waals surface area contributed by atoms with Crippen LogP contribution in [0, 0.1) is 0 Å². The van der Waals surface area contributed by atoms with Crippen molar-refractivity contribution in [2.24, 2.45) is 0 Å². The SMILES string of the molecule is CCC[CH2][Sn](/[CH]=C/C=C(C)/C=C/C=C(\C)C(=O)OC)([CH2]CCC)[CH2]CCC. The fraction of sp³-hybridized carbons (Fsp3) is 0.625. The van der Waals surface area contributed by atoms with Crippen LogP contribution in [0.3, 0.4) is 0 Å². The van der Waals surface area contributed by atoms with E-state index in [9.17, 15) is 4.79 Å². The van der Waals surface area contributed by atoms with E-state index in [2.05, 4.69) is 50.0 Å². The van der Waals surface area contributed by atoms with E-state index in [1.54, 1.807) is 13.0 Å². The zero-order chi connectivity index (χ0) is 20.5. The summed E-state index contributed by atoms with van der Waals surface area (Å²) in [5.74, 6) is -0.275. The van der Waals surface area contributed by atoms with Gasteiger partial charge in [-0.05, 0) is 0 Å². The number of carbonyl (C=O) groups excluding carboxylic acids is 1. The molecule has 3 heteroatoms. The fourth-order valence-electron chi connectivity index (χ4n) is 3.24. The van der Waals surface area contributed by atoms with Crippen LogP contribution in [0.15, 0.2) is 45.6 Å². The molecule has 0 saturated carbocycles. The quantitative estimate of drug-likeness (QED) is 0.111. The molecular weight excluding hydrogens is 439 g/mol. The van der Waals surface area contributed by atoms with E-state index in [-0.39, 0.29) is 5.97 Å². The Kier molecular flexibility index (Phi) is 15.7. The fourth-order valence-corrected chi connectivity index (χ4v) is 17.3. The summed E-state index contributed by atoms with van der Waals surface area (Å²) >= 11 is -2.17. The summed E-state index contributed by atoms with van der Waals surface area (Å²) in [7, 11) is 1.41. The standard InChI is InChI=1S/C12H15O2.3C4H9.Sn/c1-5-7-10(2)8-6-9-11(3)12(13)14-4;3*1-3-4-2;/h1,5-9H,2-4H3;3*1,3-4H2,2H3;/b5-1?,8-6+,10-7+,11-9+;;;;. The summed E-state index contributed by atoms with van der Waals surface area (Å²) < 4.78 is 11.9. The van der Waals surface area contributed by atoms with E-state index in [0.717, 1.165) is 0 Å². The van der Waals surface area contributed by atoms with Crippen molar-refractivity contribution in [3.05, 3.63) is 45.6 Å². The van der Waals surface area contributed by atoms with E-state index in [1.807, 2.05) is 6.08 Å². The van der Waals surface area contributed by atoms with Gasteiger partial charge in [0, 0.05) is 0 Å². The number of methoxy groups -OCH3 is 1. The van der Waals surface area contributed by atoms with Gasteiger partial charge >= 0.3 is 173 Å². The number of unbranched alkanes of at least 4 members (excludes halogenated alkanes) is 3. The molecule has 0 aliphatic carbocycles. The molecule has 27 heavy (non-hydrogen) atoms. The van der Waals surface area contributed by atoms with Gasteiger partial charge in [0.1, 0.15) is 0 Å². The molecule has 0 unspecified atom stereocenters. The third-order valence-corrected chi connectivity index (χ3v) is 19.2. The van der Waals surface area contributed by atoms with Crippen LogP contribution >= 0.6 is 0 Å². The summed E-state index contributed by atoms with van der Waals surface area (Å²) in [6.07, 6.45) is 18.5. The normalized spacial score (nSPS) is 13.7. The Morgan fingerprint density at radius 2 is 1.37 bits per heavy atom. The van der Waals surface area contributed by atoms with Crippen LogP contribution in [-0.4, -0.2) is 31.5 Å². The molecule has 0 N–H and O–H groups in total. The Morgan fingerprint density at radius 3 is 1.81 bits per heavy atom. The number of esters is 1. The van der Waals surface area contributed by atoms with Crippen molar-refractivity contribution in [2.45, 2.75) is 86.5 Å². The van der Waals surface area contributed by atoms with Gasteiger partial charge in [0.25, 0.3) is 0 Å².